The Bertz CT molecular complexity index is 311. The summed E-state index contributed by atoms with van der Waals surface area (Å²) in [5.41, 5.74) is 0.891. The lowest BCUT2D eigenvalue weighted by molar-refractivity contribution is 0.424. The van der Waals surface area contributed by atoms with Crippen molar-refractivity contribution in [3.8, 4) is 0 Å². The molecule has 0 bridgehead atoms. The highest BCUT2D eigenvalue weighted by atomic mass is 19.1. The number of hydrogen-bond acceptors (Lipinski definition) is 2. The first kappa shape index (κ1) is 14.1. The third kappa shape index (κ3) is 5.78. The number of rotatable bonds is 7. The van der Waals surface area contributed by atoms with Gasteiger partial charge in [0.1, 0.15) is 5.82 Å². The van der Waals surface area contributed by atoms with E-state index >= 15 is 0 Å². The van der Waals surface area contributed by atoms with Crippen LogP contribution < -0.4 is 5.32 Å². The molecule has 0 aliphatic rings. The molecule has 2 atom stereocenters. The second-order valence-electron chi connectivity index (χ2n) is 4.84. The molecule has 0 saturated carbocycles. The molecule has 1 aromatic heterocycles. The summed E-state index contributed by atoms with van der Waals surface area (Å²) in [7, 11) is 0. The predicted molar refractivity (Wildman–Crippen MR) is 69.2 cm³/mol. The largest absolute Gasteiger partial charge is 0.309 e. The Morgan fingerprint density at radius 3 is 2.65 bits per heavy atom. The first-order chi connectivity index (χ1) is 8.11. The van der Waals surface area contributed by atoms with Crippen LogP contribution in [0.15, 0.2) is 18.3 Å². The zero-order valence-corrected chi connectivity index (χ0v) is 11.0. The van der Waals surface area contributed by atoms with Crippen molar-refractivity contribution in [1.82, 2.24) is 10.3 Å². The molecule has 0 aliphatic heterocycles. The van der Waals surface area contributed by atoms with Crippen LogP contribution in [0.3, 0.4) is 0 Å². The summed E-state index contributed by atoms with van der Waals surface area (Å²) >= 11 is 0. The third-order valence-corrected chi connectivity index (χ3v) is 3.21. The smallest absolute Gasteiger partial charge is 0.141 e. The van der Waals surface area contributed by atoms with Gasteiger partial charge in [0.2, 0.25) is 0 Å². The maximum Gasteiger partial charge on any atom is 0.141 e. The van der Waals surface area contributed by atoms with E-state index in [1.165, 1.54) is 31.5 Å². The molecule has 0 aliphatic carbocycles. The van der Waals surface area contributed by atoms with Gasteiger partial charge in [-0.15, -0.1) is 0 Å². The molecule has 0 aromatic carbocycles. The van der Waals surface area contributed by atoms with Crippen LogP contribution in [0.5, 0.6) is 0 Å². The molecule has 0 radical (unpaired) electrons. The lowest BCUT2D eigenvalue weighted by Crippen LogP contribution is -2.26. The van der Waals surface area contributed by atoms with Crippen LogP contribution >= 0.6 is 0 Å². The number of hydrogen-bond donors (Lipinski definition) is 1. The van der Waals surface area contributed by atoms with Crippen molar-refractivity contribution in [2.75, 3.05) is 0 Å². The van der Waals surface area contributed by atoms with E-state index in [0.717, 1.165) is 11.6 Å². The molecule has 0 amide bonds. The van der Waals surface area contributed by atoms with Crippen LogP contribution in [0.25, 0.3) is 0 Å². The molecule has 3 heteroatoms. The van der Waals surface area contributed by atoms with Crippen molar-refractivity contribution in [2.24, 2.45) is 5.92 Å². The Morgan fingerprint density at radius 1 is 1.29 bits per heavy atom. The molecule has 1 N–H and O–H groups in total. The van der Waals surface area contributed by atoms with E-state index in [9.17, 15) is 4.39 Å². The first-order valence-corrected chi connectivity index (χ1v) is 6.45. The van der Waals surface area contributed by atoms with E-state index in [-0.39, 0.29) is 5.82 Å². The van der Waals surface area contributed by atoms with Gasteiger partial charge in [0.25, 0.3) is 0 Å². The zero-order chi connectivity index (χ0) is 12.7. The van der Waals surface area contributed by atoms with Crippen LogP contribution in [0.4, 0.5) is 4.39 Å². The molecule has 0 fully saturated rings. The van der Waals surface area contributed by atoms with Gasteiger partial charge in [-0.1, -0.05) is 20.3 Å². The van der Waals surface area contributed by atoms with E-state index in [1.807, 2.05) is 0 Å². The highest BCUT2D eigenvalue weighted by Gasteiger charge is 2.05. The molecular weight excluding hydrogens is 215 g/mol. The highest BCUT2D eigenvalue weighted by Crippen LogP contribution is 2.11. The predicted octanol–water partition coefficient (Wildman–Crippen LogP) is 3.53. The Hall–Kier alpha value is -0.960. The van der Waals surface area contributed by atoms with E-state index < -0.39 is 0 Å². The standard InChI is InChI=1S/C14H23FN2/c1-4-11(2)5-6-12(3)16-10-14-8-7-13(15)9-17-14/h7-9,11-12,16H,4-6,10H2,1-3H3. The summed E-state index contributed by atoms with van der Waals surface area (Å²) < 4.78 is 12.7. The molecule has 0 spiro atoms. The van der Waals surface area contributed by atoms with Crippen molar-refractivity contribution in [1.29, 1.82) is 0 Å². The molecule has 1 aromatic rings. The second-order valence-corrected chi connectivity index (χ2v) is 4.84. The number of nitrogens with zero attached hydrogens (tertiary/aromatic N) is 1. The Labute approximate surface area is 104 Å². The summed E-state index contributed by atoms with van der Waals surface area (Å²) in [4.78, 5) is 4.02. The maximum atomic E-state index is 12.7. The van der Waals surface area contributed by atoms with Crippen LogP contribution in [-0.4, -0.2) is 11.0 Å². The molecule has 2 unspecified atom stereocenters. The topological polar surface area (TPSA) is 24.9 Å². The van der Waals surface area contributed by atoms with Crippen LogP contribution in [0, 0.1) is 11.7 Å². The molecule has 0 saturated heterocycles. The number of nitrogens with one attached hydrogen (secondary N) is 1. The Morgan fingerprint density at radius 2 is 2.06 bits per heavy atom. The first-order valence-electron chi connectivity index (χ1n) is 6.45. The van der Waals surface area contributed by atoms with Gasteiger partial charge in [0.15, 0.2) is 0 Å². The van der Waals surface area contributed by atoms with Crippen molar-refractivity contribution >= 4 is 0 Å². The minimum Gasteiger partial charge on any atom is -0.309 e. The zero-order valence-electron chi connectivity index (χ0n) is 11.0. The summed E-state index contributed by atoms with van der Waals surface area (Å²) in [5, 5.41) is 3.41. The average molecular weight is 238 g/mol. The fraction of sp³-hybridized carbons (Fsp3) is 0.643. The van der Waals surface area contributed by atoms with Gasteiger partial charge in [0.05, 0.1) is 11.9 Å². The van der Waals surface area contributed by atoms with Gasteiger partial charge in [0, 0.05) is 12.6 Å². The molecule has 17 heavy (non-hydrogen) atoms. The molecule has 1 rings (SSSR count). The van der Waals surface area contributed by atoms with E-state index in [2.05, 4.69) is 31.1 Å². The maximum absolute atomic E-state index is 12.7. The van der Waals surface area contributed by atoms with E-state index in [1.54, 1.807) is 6.07 Å². The normalized spacial score (nSPS) is 14.6. The van der Waals surface area contributed by atoms with Gasteiger partial charge in [-0.05, 0) is 37.8 Å². The summed E-state index contributed by atoms with van der Waals surface area (Å²) in [6, 6.07) is 3.66. The highest BCUT2D eigenvalue weighted by molar-refractivity contribution is 5.04. The third-order valence-electron chi connectivity index (χ3n) is 3.21. The number of pyridine rings is 1. The minimum absolute atomic E-state index is 0.279. The minimum atomic E-state index is -0.279. The van der Waals surface area contributed by atoms with Gasteiger partial charge in [-0.3, -0.25) is 4.98 Å². The van der Waals surface area contributed by atoms with Crippen LogP contribution in [0.2, 0.25) is 0 Å². The number of halogens is 1. The second kappa shape index (κ2) is 7.38. The van der Waals surface area contributed by atoms with Gasteiger partial charge in [-0.2, -0.15) is 0 Å². The Balaban J connectivity index is 2.23. The van der Waals surface area contributed by atoms with Crippen LogP contribution in [-0.2, 0) is 6.54 Å². The summed E-state index contributed by atoms with van der Waals surface area (Å²) in [6.45, 7) is 7.41. The fourth-order valence-corrected chi connectivity index (χ4v) is 1.63. The monoisotopic (exact) mass is 238 g/mol. The van der Waals surface area contributed by atoms with Crippen LogP contribution in [0.1, 0.15) is 45.7 Å². The van der Waals surface area contributed by atoms with Gasteiger partial charge < -0.3 is 5.32 Å². The average Bonchev–Trinajstić information content (AvgIpc) is 2.35. The van der Waals surface area contributed by atoms with Gasteiger partial charge >= 0.3 is 0 Å². The molecule has 96 valence electrons. The molecule has 2 nitrogen and oxygen atoms in total. The van der Waals surface area contributed by atoms with E-state index in [4.69, 9.17) is 0 Å². The molecular formula is C14H23FN2. The summed E-state index contributed by atoms with van der Waals surface area (Å²) in [6.07, 6.45) is 4.94. The molecule has 1 heterocycles. The van der Waals surface area contributed by atoms with Gasteiger partial charge in [-0.25, -0.2) is 4.39 Å². The number of aromatic nitrogens is 1. The van der Waals surface area contributed by atoms with Crippen molar-refractivity contribution in [2.45, 2.75) is 52.6 Å². The van der Waals surface area contributed by atoms with Crippen molar-refractivity contribution in [3.05, 3.63) is 29.8 Å². The quantitative estimate of drug-likeness (QED) is 0.786. The van der Waals surface area contributed by atoms with E-state index in [0.29, 0.717) is 12.6 Å². The SMILES string of the molecule is CCC(C)CCC(C)NCc1ccc(F)cn1. The van der Waals surface area contributed by atoms with Crippen molar-refractivity contribution in [3.63, 3.8) is 0 Å². The fourth-order valence-electron chi connectivity index (χ4n) is 1.63. The van der Waals surface area contributed by atoms with Crippen molar-refractivity contribution < 1.29 is 4.39 Å². The Kier molecular flexibility index (Phi) is 6.12. The lowest BCUT2D eigenvalue weighted by atomic mass is 10.00. The summed E-state index contributed by atoms with van der Waals surface area (Å²) in [5.74, 6) is 0.516. The lowest BCUT2D eigenvalue weighted by Gasteiger charge is -2.15.